The van der Waals surface area contributed by atoms with Gasteiger partial charge in [0.05, 0.1) is 22.9 Å². The molecule has 1 aromatic carbocycles. The quantitative estimate of drug-likeness (QED) is 0.726. The van der Waals surface area contributed by atoms with E-state index in [4.69, 9.17) is 9.57 Å². The van der Waals surface area contributed by atoms with Gasteiger partial charge in [0, 0.05) is 26.2 Å². The third-order valence-corrected chi connectivity index (χ3v) is 6.20. The Labute approximate surface area is 171 Å². The molecular weight excluding hydrogens is 370 g/mol. The number of nitrogens with one attached hydrogen (secondary N) is 1. The molecule has 0 bridgehead atoms. The summed E-state index contributed by atoms with van der Waals surface area (Å²) in [5, 5.41) is 2.09. The Hall–Kier alpha value is -2.02. The highest BCUT2D eigenvalue weighted by atomic mass is 32.1. The highest BCUT2D eigenvalue weighted by Gasteiger charge is 2.21. The molecule has 0 spiro atoms. The summed E-state index contributed by atoms with van der Waals surface area (Å²) < 4.78 is 5.79. The van der Waals surface area contributed by atoms with Crippen LogP contribution in [0.3, 0.4) is 0 Å². The van der Waals surface area contributed by atoms with Crippen LogP contribution in [0.5, 0.6) is 5.75 Å². The minimum absolute atomic E-state index is 0.177. The molecule has 1 N–H and O–H groups in total. The van der Waals surface area contributed by atoms with E-state index in [0.717, 1.165) is 57.0 Å². The summed E-state index contributed by atoms with van der Waals surface area (Å²) in [6.07, 6.45) is 4.59. The SMILES string of the molecule is CCOc1ccccc1N1CCN(CCCC2C=C(c3cccs3)NO2)CC1. The van der Waals surface area contributed by atoms with Crippen molar-refractivity contribution in [2.75, 3.05) is 44.2 Å². The number of hydrogen-bond donors (Lipinski definition) is 1. The molecule has 0 aliphatic carbocycles. The highest BCUT2D eigenvalue weighted by Crippen LogP contribution is 2.29. The maximum Gasteiger partial charge on any atom is 0.142 e. The molecule has 2 aliphatic heterocycles. The van der Waals surface area contributed by atoms with Crippen molar-refractivity contribution in [1.29, 1.82) is 0 Å². The zero-order chi connectivity index (χ0) is 19.2. The Kier molecular flexibility index (Phi) is 6.52. The maximum absolute atomic E-state index is 5.79. The monoisotopic (exact) mass is 399 g/mol. The molecule has 6 heteroatoms. The van der Waals surface area contributed by atoms with Crippen molar-refractivity contribution < 1.29 is 9.57 Å². The molecule has 0 saturated carbocycles. The summed E-state index contributed by atoms with van der Waals surface area (Å²) in [7, 11) is 0. The van der Waals surface area contributed by atoms with Crippen molar-refractivity contribution in [1.82, 2.24) is 10.4 Å². The molecule has 4 rings (SSSR count). The van der Waals surface area contributed by atoms with E-state index < -0.39 is 0 Å². The Morgan fingerprint density at radius 1 is 1.14 bits per heavy atom. The van der Waals surface area contributed by atoms with E-state index in [2.05, 4.69) is 57.1 Å². The minimum atomic E-state index is 0.177. The lowest BCUT2D eigenvalue weighted by Crippen LogP contribution is -2.46. The Bertz CT molecular complexity index is 770. The van der Waals surface area contributed by atoms with Crippen LogP contribution >= 0.6 is 11.3 Å². The molecule has 150 valence electrons. The van der Waals surface area contributed by atoms with E-state index in [0.29, 0.717) is 6.61 Å². The summed E-state index contributed by atoms with van der Waals surface area (Å²) >= 11 is 1.74. The first-order chi connectivity index (χ1) is 13.8. The largest absolute Gasteiger partial charge is 0.492 e. The number of benzene rings is 1. The van der Waals surface area contributed by atoms with E-state index in [-0.39, 0.29) is 6.10 Å². The van der Waals surface area contributed by atoms with Gasteiger partial charge in [-0.3, -0.25) is 15.2 Å². The topological polar surface area (TPSA) is 37.0 Å². The van der Waals surface area contributed by atoms with Crippen LogP contribution in [-0.2, 0) is 4.84 Å². The number of ether oxygens (including phenoxy) is 1. The fourth-order valence-electron chi connectivity index (χ4n) is 3.82. The molecule has 1 aromatic heterocycles. The third-order valence-electron chi connectivity index (χ3n) is 5.30. The fourth-order valence-corrected chi connectivity index (χ4v) is 4.52. The molecule has 1 fully saturated rings. The normalized spacial score (nSPS) is 20.1. The van der Waals surface area contributed by atoms with Crippen LogP contribution in [0.4, 0.5) is 5.69 Å². The summed E-state index contributed by atoms with van der Waals surface area (Å²) in [6, 6.07) is 12.6. The van der Waals surface area contributed by atoms with Gasteiger partial charge in [0.15, 0.2) is 0 Å². The van der Waals surface area contributed by atoms with Crippen LogP contribution < -0.4 is 15.1 Å². The van der Waals surface area contributed by atoms with Gasteiger partial charge >= 0.3 is 0 Å². The highest BCUT2D eigenvalue weighted by molar-refractivity contribution is 7.11. The first kappa shape index (κ1) is 19.3. The average molecular weight is 400 g/mol. The van der Waals surface area contributed by atoms with E-state index >= 15 is 0 Å². The minimum Gasteiger partial charge on any atom is -0.492 e. The predicted molar refractivity (Wildman–Crippen MR) is 116 cm³/mol. The molecule has 0 radical (unpaired) electrons. The van der Waals surface area contributed by atoms with Crippen molar-refractivity contribution in [2.45, 2.75) is 25.9 Å². The van der Waals surface area contributed by atoms with Crippen molar-refractivity contribution in [3.05, 3.63) is 52.7 Å². The number of rotatable bonds is 8. The first-order valence-electron chi connectivity index (χ1n) is 10.2. The number of para-hydroxylation sites is 2. The van der Waals surface area contributed by atoms with Gasteiger partial charge in [0.2, 0.25) is 0 Å². The molecule has 1 atom stereocenters. The number of hydroxylamine groups is 1. The van der Waals surface area contributed by atoms with Crippen LogP contribution in [-0.4, -0.2) is 50.3 Å². The zero-order valence-electron chi connectivity index (χ0n) is 16.5. The van der Waals surface area contributed by atoms with E-state index in [1.165, 1.54) is 10.6 Å². The zero-order valence-corrected chi connectivity index (χ0v) is 17.3. The molecule has 3 heterocycles. The number of nitrogens with zero attached hydrogens (tertiary/aromatic N) is 2. The summed E-state index contributed by atoms with van der Waals surface area (Å²) in [6.45, 7) is 8.17. The molecule has 0 amide bonds. The first-order valence-corrected chi connectivity index (χ1v) is 11.1. The standard InChI is InChI=1S/C22H29N3O2S/c1-2-26-21-9-4-3-8-20(21)25-14-12-24(13-15-25)11-5-7-18-17-19(23-27-18)22-10-6-16-28-22/h3-4,6,8-10,16-18,23H,2,5,7,11-15H2,1H3. The van der Waals surface area contributed by atoms with Gasteiger partial charge in [-0.1, -0.05) is 18.2 Å². The fraction of sp³-hybridized carbons (Fsp3) is 0.455. The van der Waals surface area contributed by atoms with Crippen molar-refractivity contribution in [2.24, 2.45) is 0 Å². The van der Waals surface area contributed by atoms with Crippen LogP contribution in [0.2, 0.25) is 0 Å². The Morgan fingerprint density at radius 2 is 2.00 bits per heavy atom. The van der Waals surface area contributed by atoms with E-state index in [9.17, 15) is 0 Å². The van der Waals surface area contributed by atoms with E-state index in [1.54, 1.807) is 11.3 Å². The van der Waals surface area contributed by atoms with Gasteiger partial charge in [-0.15, -0.1) is 11.3 Å². The summed E-state index contributed by atoms with van der Waals surface area (Å²) in [5.74, 6) is 0.998. The Balaban J connectivity index is 1.20. The van der Waals surface area contributed by atoms with Crippen LogP contribution in [0.1, 0.15) is 24.6 Å². The molecule has 2 aliphatic rings. The lowest BCUT2D eigenvalue weighted by atomic mass is 10.1. The molecule has 1 unspecified atom stereocenters. The second kappa shape index (κ2) is 9.45. The van der Waals surface area contributed by atoms with Gasteiger partial charge in [-0.25, -0.2) is 0 Å². The summed E-state index contributed by atoms with van der Waals surface area (Å²) in [4.78, 5) is 12.0. The van der Waals surface area contributed by atoms with Gasteiger partial charge in [-0.05, 0) is 56.0 Å². The Morgan fingerprint density at radius 3 is 2.79 bits per heavy atom. The number of thiophene rings is 1. The van der Waals surface area contributed by atoms with Crippen molar-refractivity contribution in [3.63, 3.8) is 0 Å². The molecule has 5 nitrogen and oxygen atoms in total. The van der Waals surface area contributed by atoms with Crippen LogP contribution in [0, 0.1) is 0 Å². The molecule has 2 aromatic rings. The van der Waals surface area contributed by atoms with Gasteiger partial charge in [-0.2, -0.15) is 0 Å². The smallest absolute Gasteiger partial charge is 0.142 e. The summed E-state index contributed by atoms with van der Waals surface area (Å²) in [5.41, 5.74) is 5.41. The molecule has 1 saturated heterocycles. The lowest BCUT2D eigenvalue weighted by molar-refractivity contribution is 0.0439. The second-order valence-corrected chi connectivity index (χ2v) is 8.14. The predicted octanol–water partition coefficient (Wildman–Crippen LogP) is 3.99. The number of anilines is 1. The van der Waals surface area contributed by atoms with Gasteiger partial charge in [0.25, 0.3) is 0 Å². The average Bonchev–Trinajstić information content (AvgIpc) is 3.41. The van der Waals surface area contributed by atoms with Crippen LogP contribution in [0.15, 0.2) is 47.9 Å². The maximum atomic E-state index is 5.79. The number of piperazine rings is 1. The third kappa shape index (κ3) is 4.69. The molecular formula is C22H29N3O2S. The van der Waals surface area contributed by atoms with Crippen molar-refractivity contribution >= 4 is 22.7 Å². The second-order valence-electron chi connectivity index (χ2n) is 7.19. The number of hydrogen-bond acceptors (Lipinski definition) is 6. The van der Waals surface area contributed by atoms with Crippen molar-refractivity contribution in [3.8, 4) is 5.75 Å². The van der Waals surface area contributed by atoms with E-state index in [1.807, 2.05) is 13.0 Å². The molecule has 28 heavy (non-hydrogen) atoms. The van der Waals surface area contributed by atoms with Crippen LogP contribution in [0.25, 0.3) is 5.70 Å². The van der Waals surface area contributed by atoms with Gasteiger partial charge in [0.1, 0.15) is 11.9 Å². The lowest BCUT2D eigenvalue weighted by Gasteiger charge is -2.36. The van der Waals surface area contributed by atoms with Gasteiger partial charge < -0.3 is 9.64 Å².